The molecule has 0 unspecified atom stereocenters. The van der Waals surface area contributed by atoms with E-state index >= 15 is 0 Å². The predicted octanol–water partition coefficient (Wildman–Crippen LogP) is 3.51. The molecule has 0 saturated carbocycles. The van der Waals surface area contributed by atoms with Crippen molar-refractivity contribution in [3.8, 4) is 22.8 Å². The number of nitrogens with one attached hydrogen (secondary N) is 1. The van der Waals surface area contributed by atoms with E-state index in [0.29, 0.717) is 53.1 Å². The molecule has 190 valence electrons. The van der Waals surface area contributed by atoms with Crippen LogP contribution in [-0.4, -0.2) is 47.0 Å². The van der Waals surface area contributed by atoms with Crippen LogP contribution in [0.15, 0.2) is 51.3 Å². The fourth-order valence-corrected chi connectivity index (χ4v) is 6.41. The summed E-state index contributed by atoms with van der Waals surface area (Å²) < 4.78 is 45.8. The van der Waals surface area contributed by atoms with Crippen LogP contribution >= 0.6 is 11.8 Å². The van der Waals surface area contributed by atoms with Gasteiger partial charge in [0.15, 0.2) is 33.6 Å². The number of aromatic nitrogens is 4. The van der Waals surface area contributed by atoms with Gasteiger partial charge in [-0.3, -0.25) is 0 Å². The van der Waals surface area contributed by atoms with Crippen molar-refractivity contribution >= 4 is 38.8 Å². The molecule has 13 heteroatoms. The molecule has 0 saturated heterocycles. The Morgan fingerprint density at radius 2 is 2.03 bits per heavy atom. The number of ether oxygens (including phenoxy) is 2. The summed E-state index contributed by atoms with van der Waals surface area (Å²) in [5.41, 5.74) is 7.98. The smallest absolute Gasteiger partial charge is 0.231 e. The van der Waals surface area contributed by atoms with Gasteiger partial charge in [-0.15, -0.1) is 0 Å². The fraction of sp³-hybridized carbons (Fsp3) is 0.348. The number of fused-ring (bicyclic) bond motifs is 2. The van der Waals surface area contributed by atoms with Crippen LogP contribution in [0.4, 0.5) is 5.82 Å². The number of furan rings is 1. The minimum Gasteiger partial charge on any atom is -0.464 e. The molecule has 5 rings (SSSR count). The molecule has 0 spiro atoms. The van der Waals surface area contributed by atoms with Gasteiger partial charge < -0.3 is 24.2 Å². The van der Waals surface area contributed by atoms with Crippen molar-refractivity contribution in [2.24, 2.45) is 5.92 Å². The van der Waals surface area contributed by atoms with Gasteiger partial charge in [-0.1, -0.05) is 25.6 Å². The zero-order chi connectivity index (χ0) is 25.3. The Balaban J connectivity index is 1.45. The molecule has 1 aliphatic heterocycles. The maximum Gasteiger partial charge on any atom is 0.231 e. The third kappa shape index (κ3) is 5.13. The maximum atomic E-state index is 12.2. The SMILES string of the molecule is CC(C)CS(=O)(=O)NCCCn1c(Sc2cc3c(cc2-c2ccco2)OCO3)nc2c(N)ncnc21. The van der Waals surface area contributed by atoms with Gasteiger partial charge in [0.2, 0.25) is 16.8 Å². The van der Waals surface area contributed by atoms with Crippen molar-refractivity contribution in [3.63, 3.8) is 0 Å². The van der Waals surface area contributed by atoms with Gasteiger partial charge in [0, 0.05) is 23.5 Å². The zero-order valence-corrected chi connectivity index (χ0v) is 21.4. The van der Waals surface area contributed by atoms with Crippen LogP contribution in [0.5, 0.6) is 11.5 Å². The van der Waals surface area contributed by atoms with E-state index in [4.69, 9.17) is 24.6 Å². The highest BCUT2D eigenvalue weighted by Gasteiger charge is 2.23. The average Bonchev–Trinajstić information content (AvgIpc) is 3.56. The van der Waals surface area contributed by atoms with Crippen molar-refractivity contribution < 1.29 is 22.3 Å². The van der Waals surface area contributed by atoms with Crippen LogP contribution in [0.1, 0.15) is 20.3 Å². The Morgan fingerprint density at radius 3 is 2.78 bits per heavy atom. The second kappa shape index (κ2) is 9.99. The highest BCUT2D eigenvalue weighted by molar-refractivity contribution is 7.99. The van der Waals surface area contributed by atoms with E-state index in [9.17, 15) is 8.42 Å². The third-order valence-electron chi connectivity index (χ3n) is 5.42. The Bertz CT molecular complexity index is 1480. The van der Waals surface area contributed by atoms with E-state index < -0.39 is 10.0 Å². The second-order valence-electron chi connectivity index (χ2n) is 8.68. The Morgan fingerprint density at radius 1 is 1.22 bits per heavy atom. The van der Waals surface area contributed by atoms with E-state index in [-0.39, 0.29) is 24.3 Å². The zero-order valence-electron chi connectivity index (χ0n) is 19.8. The standard InChI is InChI=1S/C23H26N6O5S2/c1-14(2)11-36(30,31)27-6-4-7-29-22-20(21(24)25-12-26-22)28-23(29)35-19-10-18-17(33-13-34-18)9-15(19)16-5-3-8-32-16/h3,5,8-10,12,14,27H,4,6-7,11,13H2,1-2H3,(H2,24,25,26). The first-order valence-electron chi connectivity index (χ1n) is 11.4. The van der Waals surface area contributed by atoms with Gasteiger partial charge in [-0.05, 0) is 36.6 Å². The number of nitrogen functional groups attached to an aromatic ring is 1. The van der Waals surface area contributed by atoms with Crippen LogP contribution in [0.25, 0.3) is 22.5 Å². The Hall–Kier alpha value is -3.29. The number of nitrogens with zero attached hydrogens (tertiary/aromatic N) is 4. The van der Waals surface area contributed by atoms with Crippen LogP contribution in [-0.2, 0) is 16.6 Å². The van der Waals surface area contributed by atoms with E-state index in [1.807, 2.05) is 42.7 Å². The number of imidazole rings is 1. The van der Waals surface area contributed by atoms with Crippen molar-refractivity contribution in [2.75, 3.05) is 24.8 Å². The Kier molecular flexibility index (Phi) is 6.77. The minimum absolute atomic E-state index is 0.0489. The molecule has 0 aliphatic carbocycles. The predicted molar refractivity (Wildman–Crippen MR) is 135 cm³/mol. The van der Waals surface area contributed by atoms with E-state index in [2.05, 4.69) is 14.7 Å². The molecular weight excluding hydrogens is 504 g/mol. The molecule has 0 fully saturated rings. The number of sulfonamides is 1. The molecule has 36 heavy (non-hydrogen) atoms. The number of rotatable bonds is 10. The molecule has 0 radical (unpaired) electrons. The molecule has 3 aromatic heterocycles. The molecule has 0 amide bonds. The number of nitrogens with two attached hydrogens (primary N) is 1. The van der Waals surface area contributed by atoms with Gasteiger partial charge in [-0.25, -0.2) is 28.1 Å². The molecule has 4 aromatic rings. The van der Waals surface area contributed by atoms with Crippen molar-refractivity contribution in [1.29, 1.82) is 0 Å². The highest BCUT2D eigenvalue weighted by Crippen LogP contribution is 2.45. The van der Waals surface area contributed by atoms with Crippen LogP contribution in [0, 0.1) is 5.92 Å². The number of hydrogen-bond acceptors (Lipinski definition) is 10. The van der Waals surface area contributed by atoms with Gasteiger partial charge in [0.25, 0.3) is 0 Å². The number of hydrogen-bond donors (Lipinski definition) is 2. The van der Waals surface area contributed by atoms with Gasteiger partial charge >= 0.3 is 0 Å². The summed E-state index contributed by atoms with van der Waals surface area (Å²) in [6.45, 7) is 4.66. The van der Waals surface area contributed by atoms with E-state index in [1.54, 1.807) is 6.26 Å². The summed E-state index contributed by atoms with van der Waals surface area (Å²) in [6, 6.07) is 7.47. The van der Waals surface area contributed by atoms with Crippen LogP contribution in [0.3, 0.4) is 0 Å². The van der Waals surface area contributed by atoms with Gasteiger partial charge in [0.1, 0.15) is 12.1 Å². The van der Waals surface area contributed by atoms with Crippen molar-refractivity contribution in [1.82, 2.24) is 24.2 Å². The summed E-state index contributed by atoms with van der Waals surface area (Å²) in [5.74, 6) is 2.36. The molecule has 11 nitrogen and oxygen atoms in total. The quantitative estimate of drug-likeness (QED) is 0.292. The lowest BCUT2D eigenvalue weighted by atomic mass is 10.1. The van der Waals surface area contributed by atoms with Crippen molar-refractivity contribution in [2.45, 2.75) is 36.9 Å². The lowest BCUT2D eigenvalue weighted by Crippen LogP contribution is -2.29. The monoisotopic (exact) mass is 530 g/mol. The summed E-state index contributed by atoms with van der Waals surface area (Å²) in [6.07, 6.45) is 3.54. The topological polar surface area (TPSA) is 147 Å². The Labute approximate surface area is 212 Å². The summed E-state index contributed by atoms with van der Waals surface area (Å²) in [4.78, 5) is 14.0. The lowest BCUT2D eigenvalue weighted by Gasteiger charge is -2.12. The number of benzene rings is 1. The minimum atomic E-state index is -3.33. The lowest BCUT2D eigenvalue weighted by molar-refractivity contribution is 0.174. The number of aryl methyl sites for hydroxylation is 1. The summed E-state index contributed by atoms with van der Waals surface area (Å²) in [5, 5.41) is 0.633. The summed E-state index contributed by atoms with van der Waals surface area (Å²) >= 11 is 1.41. The molecule has 1 aliphatic rings. The molecule has 4 heterocycles. The van der Waals surface area contributed by atoms with E-state index in [0.717, 1.165) is 10.5 Å². The first-order valence-corrected chi connectivity index (χ1v) is 13.9. The third-order valence-corrected chi connectivity index (χ3v) is 8.22. The van der Waals surface area contributed by atoms with Crippen LogP contribution < -0.4 is 19.9 Å². The molecule has 0 bridgehead atoms. The number of anilines is 1. The maximum absolute atomic E-state index is 12.2. The largest absolute Gasteiger partial charge is 0.464 e. The molecular formula is C23H26N6O5S2. The van der Waals surface area contributed by atoms with Crippen LogP contribution in [0.2, 0.25) is 0 Å². The molecule has 0 atom stereocenters. The average molecular weight is 531 g/mol. The van der Waals surface area contributed by atoms with E-state index in [1.165, 1.54) is 18.1 Å². The van der Waals surface area contributed by atoms with Crippen molar-refractivity contribution in [3.05, 3.63) is 36.9 Å². The van der Waals surface area contributed by atoms with Gasteiger partial charge in [0.05, 0.1) is 12.0 Å². The van der Waals surface area contributed by atoms with Gasteiger partial charge in [-0.2, -0.15) is 0 Å². The first-order chi connectivity index (χ1) is 17.3. The second-order valence-corrected chi connectivity index (χ2v) is 11.5. The normalized spacial score (nSPS) is 13.2. The highest BCUT2D eigenvalue weighted by atomic mass is 32.2. The fourth-order valence-electron chi connectivity index (χ4n) is 3.91. The summed E-state index contributed by atoms with van der Waals surface area (Å²) in [7, 11) is -3.33. The molecule has 1 aromatic carbocycles. The first kappa shape index (κ1) is 24.4. The molecule has 3 N–H and O–H groups in total.